The lowest BCUT2D eigenvalue weighted by atomic mass is 10.1. The molecule has 23 heavy (non-hydrogen) atoms. The van der Waals surface area contributed by atoms with Gasteiger partial charge in [-0.2, -0.15) is 0 Å². The van der Waals surface area contributed by atoms with Crippen LogP contribution in [0.3, 0.4) is 0 Å². The first-order chi connectivity index (χ1) is 11.2. The molecule has 6 heteroatoms. The van der Waals surface area contributed by atoms with Crippen molar-refractivity contribution in [3.8, 4) is 0 Å². The molecule has 0 unspecified atom stereocenters. The molecular weight excluding hydrogens is 294 g/mol. The number of aromatic nitrogens is 1. The molecule has 0 atom stereocenters. The summed E-state index contributed by atoms with van der Waals surface area (Å²) >= 11 is 0. The normalized spacial score (nSPS) is 14.8. The van der Waals surface area contributed by atoms with E-state index in [1.807, 2.05) is 38.1 Å². The van der Waals surface area contributed by atoms with Crippen LogP contribution in [0.1, 0.15) is 28.5 Å². The SMILES string of the molecule is CCc1c(C)noc1NC(=O)c1ccccc1N1CCOCC1. The molecule has 2 heterocycles. The summed E-state index contributed by atoms with van der Waals surface area (Å²) in [4.78, 5) is 14.9. The Morgan fingerprint density at radius 3 is 2.78 bits per heavy atom. The number of anilines is 2. The Morgan fingerprint density at radius 2 is 2.04 bits per heavy atom. The van der Waals surface area contributed by atoms with E-state index in [9.17, 15) is 4.79 Å². The van der Waals surface area contributed by atoms with Gasteiger partial charge in [-0.15, -0.1) is 0 Å². The predicted molar refractivity (Wildman–Crippen MR) is 88.0 cm³/mol. The van der Waals surface area contributed by atoms with E-state index >= 15 is 0 Å². The van der Waals surface area contributed by atoms with E-state index in [1.165, 1.54) is 0 Å². The lowest BCUT2D eigenvalue weighted by Gasteiger charge is -2.30. The minimum absolute atomic E-state index is 0.182. The summed E-state index contributed by atoms with van der Waals surface area (Å²) in [6, 6.07) is 7.60. The van der Waals surface area contributed by atoms with Gasteiger partial charge in [0.2, 0.25) is 5.88 Å². The molecule has 122 valence electrons. The van der Waals surface area contributed by atoms with Gasteiger partial charge in [-0.25, -0.2) is 0 Å². The number of nitrogens with one attached hydrogen (secondary N) is 1. The molecule has 1 fully saturated rings. The van der Waals surface area contributed by atoms with Gasteiger partial charge in [0.25, 0.3) is 5.91 Å². The van der Waals surface area contributed by atoms with Crippen LogP contribution in [0.2, 0.25) is 0 Å². The van der Waals surface area contributed by atoms with Crippen molar-refractivity contribution in [1.82, 2.24) is 5.16 Å². The van der Waals surface area contributed by atoms with Gasteiger partial charge in [0, 0.05) is 24.3 Å². The van der Waals surface area contributed by atoms with Crippen molar-refractivity contribution in [3.63, 3.8) is 0 Å². The quantitative estimate of drug-likeness (QED) is 0.939. The third-order valence-corrected chi connectivity index (χ3v) is 4.07. The molecule has 0 radical (unpaired) electrons. The maximum Gasteiger partial charge on any atom is 0.260 e. The van der Waals surface area contributed by atoms with E-state index in [4.69, 9.17) is 9.26 Å². The topological polar surface area (TPSA) is 67.6 Å². The van der Waals surface area contributed by atoms with Crippen molar-refractivity contribution in [2.24, 2.45) is 0 Å². The molecule has 1 aliphatic heterocycles. The Balaban J connectivity index is 1.84. The van der Waals surface area contributed by atoms with Crippen LogP contribution >= 0.6 is 0 Å². The zero-order chi connectivity index (χ0) is 16.2. The number of rotatable bonds is 4. The number of hydrogen-bond acceptors (Lipinski definition) is 5. The second-order valence-corrected chi connectivity index (χ2v) is 5.50. The van der Waals surface area contributed by atoms with E-state index in [2.05, 4.69) is 15.4 Å². The summed E-state index contributed by atoms with van der Waals surface area (Å²) < 4.78 is 10.6. The maximum atomic E-state index is 12.7. The molecule has 0 bridgehead atoms. The highest BCUT2D eigenvalue weighted by molar-refractivity contribution is 6.07. The highest BCUT2D eigenvalue weighted by atomic mass is 16.5. The number of carbonyl (C=O) groups is 1. The molecule has 0 saturated carbocycles. The van der Waals surface area contributed by atoms with E-state index in [0.717, 1.165) is 36.5 Å². The number of carbonyl (C=O) groups excluding carboxylic acids is 1. The van der Waals surface area contributed by atoms with Crippen molar-refractivity contribution in [3.05, 3.63) is 41.1 Å². The summed E-state index contributed by atoms with van der Waals surface area (Å²) in [6.45, 7) is 6.81. The highest BCUT2D eigenvalue weighted by Gasteiger charge is 2.20. The van der Waals surface area contributed by atoms with Gasteiger partial charge in [-0.05, 0) is 25.5 Å². The number of nitrogens with zero attached hydrogens (tertiary/aromatic N) is 2. The van der Waals surface area contributed by atoms with Crippen LogP contribution < -0.4 is 10.2 Å². The average molecular weight is 315 g/mol. The second kappa shape index (κ2) is 6.83. The number of benzene rings is 1. The molecule has 0 spiro atoms. The molecular formula is C17H21N3O3. The number of aryl methyl sites for hydroxylation is 1. The first-order valence-corrected chi connectivity index (χ1v) is 7.89. The summed E-state index contributed by atoms with van der Waals surface area (Å²) in [5.74, 6) is 0.254. The minimum atomic E-state index is -0.182. The molecule has 1 aliphatic rings. The molecule has 1 N–H and O–H groups in total. The summed E-state index contributed by atoms with van der Waals surface area (Å²) in [5.41, 5.74) is 3.29. The molecule has 1 aromatic heterocycles. The fraction of sp³-hybridized carbons (Fsp3) is 0.412. The standard InChI is InChI=1S/C17H21N3O3/c1-3-13-12(2)19-23-17(13)18-16(21)14-6-4-5-7-15(14)20-8-10-22-11-9-20/h4-7H,3,8-11H2,1-2H3,(H,18,21). The Labute approximate surface area is 135 Å². The van der Waals surface area contributed by atoms with Gasteiger partial charge in [0.05, 0.1) is 24.5 Å². The van der Waals surface area contributed by atoms with E-state index < -0.39 is 0 Å². The molecule has 2 aromatic rings. The van der Waals surface area contributed by atoms with Gasteiger partial charge >= 0.3 is 0 Å². The molecule has 0 aliphatic carbocycles. The van der Waals surface area contributed by atoms with Crippen LogP contribution in [0.25, 0.3) is 0 Å². The first-order valence-electron chi connectivity index (χ1n) is 7.89. The van der Waals surface area contributed by atoms with Crippen LogP contribution in [-0.4, -0.2) is 37.4 Å². The summed E-state index contributed by atoms with van der Waals surface area (Å²) in [7, 11) is 0. The Hall–Kier alpha value is -2.34. The van der Waals surface area contributed by atoms with Crippen molar-refractivity contribution < 1.29 is 14.1 Å². The second-order valence-electron chi connectivity index (χ2n) is 5.50. The fourth-order valence-electron chi connectivity index (χ4n) is 2.82. The van der Waals surface area contributed by atoms with Gasteiger partial charge in [0.15, 0.2) is 0 Å². The van der Waals surface area contributed by atoms with Crippen molar-refractivity contribution in [2.45, 2.75) is 20.3 Å². The third kappa shape index (κ3) is 3.22. The number of morpholine rings is 1. The molecule has 1 saturated heterocycles. The van der Waals surface area contributed by atoms with Crippen LogP contribution in [0.4, 0.5) is 11.6 Å². The Morgan fingerprint density at radius 1 is 1.30 bits per heavy atom. The van der Waals surface area contributed by atoms with Crippen LogP contribution in [0, 0.1) is 6.92 Å². The lowest BCUT2D eigenvalue weighted by Crippen LogP contribution is -2.37. The van der Waals surface area contributed by atoms with Crippen molar-refractivity contribution >= 4 is 17.5 Å². The van der Waals surface area contributed by atoms with Gasteiger partial charge < -0.3 is 14.2 Å². The smallest absolute Gasteiger partial charge is 0.260 e. The number of amides is 1. The van der Waals surface area contributed by atoms with Gasteiger partial charge in [0.1, 0.15) is 0 Å². The minimum Gasteiger partial charge on any atom is -0.378 e. The van der Waals surface area contributed by atoms with Gasteiger partial charge in [-0.1, -0.05) is 24.2 Å². The van der Waals surface area contributed by atoms with E-state index in [-0.39, 0.29) is 5.91 Å². The first kappa shape index (κ1) is 15.6. The maximum absolute atomic E-state index is 12.7. The number of ether oxygens (including phenoxy) is 1. The fourth-order valence-corrected chi connectivity index (χ4v) is 2.82. The monoisotopic (exact) mass is 315 g/mol. The van der Waals surface area contributed by atoms with Crippen molar-refractivity contribution in [2.75, 3.05) is 36.5 Å². The summed E-state index contributed by atoms with van der Waals surface area (Å²) in [6.07, 6.45) is 0.760. The van der Waals surface area contributed by atoms with Crippen LogP contribution in [-0.2, 0) is 11.2 Å². The molecule has 1 aromatic carbocycles. The Kier molecular flexibility index (Phi) is 4.62. The zero-order valence-corrected chi connectivity index (χ0v) is 13.5. The largest absolute Gasteiger partial charge is 0.378 e. The van der Waals surface area contributed by atoms with Crippen LogP contribution in [0.15, 0.2) is 28.8 Å². The molecule has 3 rings (SSSR count). The number of para-hydroxylation sites is 1. The van der Waals surface area contributed by atoms with Gasteiger partial charge in [-0.3, -0.25) is 10.1 Å². The molecule has 1 amide bonds. The van der Waals surface area contributed by atoms with Crippen molar-refractivity contribution in [1.29, 1.82) is 0 Å². The summed E-state index contributed by atoms with van der Waals surface area (Å²) in [5, 5.41) is 6.78. The number of hydrogen-bond donors (Lipinski definition) is 1. The lowest BCUT2D eigenvalue weighted by molar-refractivity contribution is 0.102. The van der Waals surface area contributed by atoms with E-state index in [0.29, 0.717) is 24.7 Å². The Bertz CT molecular complexity index is 690. The highest BCUT2D eigenvalue weighted by Crippen LogP contribution is 2.25. The predicted octanol–water partition coefficient (Wildman–Crippen LogP) is 2.63. The third-order valence-electron chi connectivity index (χ3n) is 4.07. The van der Waals surface area contributed by atoms with Crippen LogP contribution in [0.5, 0.6) is 0 Å². The average Bonchev–Trinajstić information content (AvgIpc) is 2.95. The zero-order valence-electron chi connectivity index (χ0n) is 13.5. The van der Waals surface area contributed by atoms with E-state index in [1.54, 1.807) is 0 Å². The molecule has 6 nitrogen and oxygen atoms in total.